The number of benzene rings is 1. The van der Waals surface area contributed by atoms with E-state index in [2.05, 4.69) is 4.90 Å². The maximum Gasteiger partial charge on any atom is 0.159 e. The van der Waals surface area contributed by atoms with Gasteiger partial charge in [0, 0.05) is 24.7 Å². The van der Waals surface area contributed by atoms with Gasteiger partial charge in [0.1, 0.15) is 5.75 Å². The number of nitrogens with zero attached hydrogens (tertiary/aromatic N) is 1. The molecule has 0 spiro atoms. The van der Waals surface area contributed by atoms with Gasteiger partial charge in [0.2, 0.25) is 0 Å². The average molecular weight is 262 g/mol. The molecule has 1 saturated heterocycles. The standard InChI is InChI=1S/C15H22N2O2/c1-12(18)13-3-5-15(6-4-13)19-10-2-8-17-9-7-14(16)11-17/h3-6,14H,2,7-11,16H2,1H3/t14-/m1/s1. The van der Waals surface area contributed by atoms with Crippen molar-refractivity contribution in [3.63, 3.8) is 0 Å². The van der Waals surface area contributed by atoms with Crippen molar-refractivity contribution in [3.05, 3.63) is 29.8 Å². The molecule has 1 aromatic carbocycles. The molecule has 4 nitrogen and oxygen atoms in total. The van der Waals surface area contributed by atoms with E-state index < -0.39 is 0 Å². The SMILES string of the molecule is CC(=O)c1ccc(OCCCN2CC[C@@H](N)C2)cc1. The Labute approximate surface area is 114 Å². The van der Waals surface area contributed by atoms with Crippen LogP contribution >= 0.6 is 0 Å². The lowest BCUT2D eigenvalue weighted by molar-refractivity contribution is 0.101. The molecule has 1 aliphatic rings. The van der Waals surface area contributed by atoms with Gasteiger partial charge in [-0.25, -0.2) is 0 Å². The zero-order valence-electron chi connectivity index (χ0n) is 11.5. The lowest BCUT2D eigenvalue weighted by Crippen LogP contribution is -2.28. The number of likely N-dealkylation sites (tertiary alicyclic amines) is 1. The summed E-state index contributed by atoms with van der Waals surface area (Å²) in [5.74, 6) is 0.903. The summed E-state index contributed by atoms with van der Waals surface area (Å²) >= 11 is 0. The van der Waals surface area contributed by atoms with Gasteiger partial charge in [-0.05, 0) is 50.6 Å². The van der Waals surface area contributed by atoms with Gasteiger partial charge in [0.25, 0.3) is 0 Å². The van der Waals surface area contributed by atoms with E-state index in [0.717, 1.165) is 43.8 Å². The maximum atomic E-state index is 11.1. The molecular weight excluding hydrogens is 240 g/mol. The normalized spacial score (nSPS) is 19.6. The first-order chi connectivity index (χ1) is 9.15. The van der Waals surface area contributed by atoms with Gasteiger partial charge in [0.15, 0.2) is 5.78 Å². The lowest BCUT2D eigenvalue weighted by atomic mass is 10.1. The molecule has 1 aliphatic heterocycles. The van der Waals surface area contributed by atoms with Crippen LogP contribution in [-0.4, -0.2) is 43.0 Å². The molecule has 1 fully saturated rings. The topological polar surface area (TPSA) is 55.6 Å². The first-order valence-electron chi connectivity index (χ1n) is 6.87. The van der Waals surface area contributed by atoms with Crippen LogP contribution in [0.25, 0.3) is 0 Å². The van der Waals surface area contributed by atoms with Gasteiger partial charge in [-0.3, -0.25) is 4.79 Å². The van der Waals surface area contributed by atoms with Crippen molar-refractivity contribution in [1.29, 1.82) is 0 Å². The molecule has 2 rings (SSSR count). The minimum atomic E-state index is 0.0805. The molecular formula is C15H22N2O2. The van der Waals surface area contributed by atoms with Crippen LogP contribution in [-0.2, 0) is 0 Å². The highest BCUT2D eigenvalue weighted by Gasteiger charge is 2.17. The van der Waals surface area contributed by atoms with E-state index in [9.17, 15) is 4.79 Å². The van der Waals surface area contributed by atoms with Crippen molar-refractivity contribution >= 4 is 5.78 Å². The number of ether oxygens (including phenoxy) is 1. The Kier molecular flexibility index (Phi) is 4.93. The van der Waals surface area contributed by atoms with Crippen LogP contribution in [0.5, 0.6) is 5.75 Å². The third kappa shape index (κ3) is 4.33. The minimum Gasteiger partial charge on any atom is -0.494 e. The number of carbonyl (C=O) groups is 1. The monoisotopic (exact) mass is 262 g/mol. The zero-order valence-corrected chi connectivity index (χ0v) is 11.5. The Balaban J connectivity index is 1.66. The fourth-order valence-electron chi connectivity index (χ4n) is 2.33. The van der Waals surface area contributed by atoms with Gasteiger partial charge < -0.3 is 15.4 Å². The zero-order chi connectivity index (χ0) is 13.7. The summed E-state index contributed by atoms with van der Waals surface area (Å²) in [6.07, 6.45) is 2.11. The van der Waals surface area contributed by atoms with E-state index in [1.54, 1.807) is 19.1 Å². The molecule has 1 aromatic rings. The molecule has 0 unspecified atom stereocenters. The van der Waals surface area contributed by atoms with Crippen LogP contribution in [0, 0.1) is 0 Å². The molecule has 4 heteroatoms. The van der Waals surface area contributed by atoms with Gasteiger partial charge >= 0.3 is 0 Å². The van der Waals surface area contributed by atoms with Gasteiger partial charge in [0.05, 0.1) is 6.61 Å². The van der Waals surface area contributed by atoms with Crippen molar-refractivity contribution in [1.82, 2.24) is 4.90 Å². The van der Waals surface area contributed by atoms with Crippen molar-refractivity contribution in [2.24, 2.45) is 5.73 Å². The van der Waals surface area contributed by atoms with Gasteiger partial charge in [-0.15, -0.1) is 0 Å². The first kappa shape index (κ1) is 14.0. The van der Waals surface area contributed by atoms with Crippen LogP contribution < -0.4 is 10.5 Å². The predicted molar refractivity (Wildman–Crippen MR) is 75.6 cm³/mol. The van der Waals surface area contributed by atoms with E-state index in [1.807, 2.05) is 12.1 Å². The fourth-order valence-corrected chi connectivity index (χ4v) is 2.33. The van der Waals surface area contributed by atoms with E-state index >= 15 is 0 Å². The smallest absolute Gasteiger partial charge is 0.159 e. The Morgan fingerprint density at radius 3 is 2.74 bits per heavy atom. The van der Waals surface area contributed by atoms with Crippen LogP contribution in [0.2, 0.25) is 0 Å². The number of nitrogens with two attached hydrogens (primary N) is 1. The molecule has 1 atom stereocenters. The second-order valence-corrected chi connectivity index (χ2v) is 5.13. The highest BCUT2D eigenvalue weighted by Crippen LogP contribution is 2.13. The highest BCUT2D eigenvalue weighted by molar-refractivity contribution is 5.94. The summed E-state index contributed by atoms with van der Waals surface area (Å²) in [6, 6.07) is 7.65. The first-order valence-corrected chi connectivity index (χ1v) is 6.87. The van der Waals surface area contributed by atoms with Gasteiger partial charge in [-0.2, -0.15) is 0 Å². The summed E-state index contributed by atoms with van der Waals surface area (Å²) in [5.41, 5.74) is 6.58. The molecule has 0 aromatic heterocycles. The quantitative estimate of drug-likeness (QED) is 0.626. The summed E-state index contributed by atoms with van der Waals surface area (Å²) < 4.78 is 5.66. The number of hydrogen-bond donors (Lipinski definition) is 1. The number of hydrogen-bond acceptors (Lipinski definition) is 4. The Bertz CT molecular complexity index is 417. The molecule has 0 radical (unpaired) electrons. The third-order valence-corrected chi connectivity index (χ3v) is 3.46. The summed E-state index contributed by atoms with van der Waals surface area (Å²) in [6.45, 7) is 5.42. The molecule has 2 N–H and O–H groups in total. The maximum absolute atomic E-state index is 11.1. The third-order valence-electron chi connectivity index (χ3n) is 3.46. The van der Waals surface area contributed by atoms with Crippen LogP contribution in [0.1, 0.15) is 30.1 Å². The van der Waals surface area contributed by atoms with Crippen molar-refractivity contribution < 1.29 is 9.53 Å². The predicted octanol–water partition coefficient (Wildman–Crippen LogP) is 1.69. The lowest BCUT2D eigenvalue weighted by Gasteiger charge is -2.15. The van der Waals surface area contributed by atoms with E-state index in [-0.39, 0.29) is 5.78 Å². The van der Waals surface area contributed by atoms with Crippen molar-refractivity contribution in [3.8, 4) is 5.75 Å². The van der Waals surface area contributed by atoms with Crippen molar-refractivity contribution in [2.75, 3.05) is 26.2 Å². The number of carbonyl (C=O) groups excluding carboxylic acids is 1. The molecule has 0 amide bonds. The molecule has 1 heterocycles. The molecule has 0 aliphatic carbocycles. The Morgan fingerprint density at radius 2 is 2.16 bits per heavy atom. The van der Waals surface area contributed by atoms with Crippen LogP contribution in [0.15, 0.2) is 24.3 Å². The average Bonchev–Trinajstić information content (AvgIpc) is 2.81. The molecule has 0 bridgehead atoms. The summed E-state index contributed by atoms with van der Waals surface area (Å²) in [4.78, 5) is 13.5. The van der Waals surface area contributed by atoms with Crippen molar-refractivity contribution in [2.45, 2.75) is 25.8 Å². The minimum absolute atomic E-state index is 0.0805. The number of Topliss-reactive ketones (excluding diaryl/α,β-unsaturated/α-hetero) is 1. The largest absolute Gasteiger partial charge is 0.494 e. The second-order valence-electron chi connectivity index (χ2n) is 5.13. The number of ketones is 1. The number of rotatable bonds is 6. The molecule has 0 saturated carbocycles. The Hall–Kier alpha value is -1.39. The van der Waals surface area contributed by atoms with E-state index in [1.165, 1.54) is 0 Å². The van der Waals surface area contributed by atoms with E-state index in [0.29, 0.717) is 12.6 Å². The Morgan fingerprint density at radius 1 is 1.42 bits per heavy atom. The second kappa shape index (κ2) is 6.68. The molecule has 104 valence electrons. The van der Waals surface area contributed by atoms with Gasteiger partial charge in [-0.1, -0.05) is 0 Å². The highest BCUT2D eigenvalue weighted by atomic mass is 16.5. The summed E-state index contributed by atoms with van der Waals surface area (Å²) in [5, 5.41) is 0. The summed E-state index contributed by atoms with van der Waals surface area (Å²) in [7, 11) is 0. The van der Waals surface area contributed by atoms with Crippen LogP contribution in [0.3, 0.4) is 0 Å². The van der Waals surface area contributed by atoms with Crippen LogP contribution in [0.4, 0.5) is 0 Å². The molecule has 19 heavy (non-hydrogen) atoms. The van der Waals surface area contributed by atoms with E-state index in [4.69, 9.17) is 10.5 Å². The fraction of sp³-hybridized carbons (Fsp3) is 0.533.